The highest BCUT2D eigenvalue weighted by Crippen LogP contribution is 2.30. The van der Waals surface area contributed by atoms with Gasteiger partial charge in [0.25, 0.3) is 5.91 Å². The minimum absolute atomic E-state index is 0.209. The van der Waals surface area contributed by atoms with Gasteiger partial charge in [-0.1, -0.05) is 32.0 Å². The minimum atomic E-state index is -1.26. The number of ether oxygens (including phenoxy) is 3. The van der Waals surface area contributed by atoms with Crippen LogP contribution < -0.4 is 24.8 Å². The number of imide groups is 1. The summed E-state index contributed by atoms with van der Waals surface area (Å²) >= 11 is 0. The molecule has 1 heterocycles. The van der Waals surface area contributed by atoms with E-state index in [-0.39, 0.29) is 13.1 Å². The summed E-state index contributed by atoms with van der Waals surface area (Å²) < 4.78 is 16.4. The third-order valence-corrected chi connectivity index (χ3v) is 5.91. The predicted octanol–water partition coefficient (Wildman–Crippen LogP) is 3.21. The molecule has 0 aromatic heterocycles. The molecule has 0 bridgehead atoms. The molecule has 2 aromatic carbocycles. The van der Waals surface area contributed by atoms with Gasteiger partial charge in [0.05, 0.1) is 20.8 Å². The maximum atomic E-state index is 13.1. The molecule has 2 aromatic rings. The fraction of sp³-hybridized carbons (Fsp3) is 0.423. The fourth-order valence-electron chi connectivity index (χ4n) is 3.71. The Morgan fingerprint density at radius 1 is 1.06 bits per heavy atom. The smallest absolute Gasteiger partial charge is 0.325 e. The SMILES string of the molecule is COc1ccc(C2(C)NC(=O)N(CC(=O)NCc3ccc(OCCC(C)C)c(OC)c3)C2=O)cc1. The molecule has 2 N–H and O–H groups in total. The van der Waals surface area contributed by atoms with Gasteiger partial charge in [0.1, 0.15) is 17.8 Å². The number of hydrogen-bond acceptors (Lipinski definition) is 6. The van der Waals surface area contributed by atoms with Gasteiger partial charge >= 0.3 is 6.03 Å². The molecule has 9 nitrogen and oxygen atoms in total. The average Bonchev–Trinajstić information content (AvgIpc) is 3.06. The standard InChI is InChI=1S/C26H33N3O6/c1-17(2)12-13-35-21-11-6-18(14-22(21)34-5)15-27-23(30)16-29-24(31)26(3,28-25(29)32)19-7-9-20(33-4)10-8-19/h6-11,14,17H,12-13,15-16H2,1-5H3,(H,27,30)(H,28,32). The van der Waals surface area contributed by atoms with Gasteiger partial charge in [0.2, 0.25) is 5.91 Å². The molecule has 1 unspecified atom stereocenters. The van der Waals surface area contributed by atoms with E-state index in [0.717, 1.165) is 16.9 Å². The number of amides is 4. The van der Waals surface area contributed by atoms with Crippen molar-refractivity contribution >= 4 is 17.8 Å². The lowest BCUT2D eigenvalue weighted by molar-refractivity contribution is -0.134. The van der Waals surface area contributed by atoms with Gasteiger partial charge in [-0.25, -0.2) is 4.79 Å². The summed E-state index contributed by atoms with van der Waals surface area (Å²) in [5.74, 6) is 1.44. The molecule has 1 fully saturated rings. The molecule has 35 heavy (non-hydrogen) atoms. The third kappa shape index (κ3) is 6.03. The molecule has 0 spiro atoms. The van der Waals surface area contributed by atoms with Crippen LogP contribution in [0.1, 0.15) is 38.3 Å². The summed E-state index contributed by atoms with van der Waals surface area (Å²) in [5, 5.41) is 5.45. The number of urea groups is 1. The normalized spacial score (nSPS) is 17.4. The number of carbonyl (C=O) groups is 3. The molecule has 4 amide bonds. The Hall–Kier alpha value is -3.75. The van der Waals surface area contributed by atoms with Gasteiger partial charge in [-0.05, 0) is 54.7 Å². The van der Waals surface area contributed by atoms with Gasteiger partial charge < -0.3 is 24.8 Å². The van der Waals surface area contributed by atoms with Crippen molar-refractivity contribution in [3.05, 3.63) is 53.6 Å². The first-order valence-electron chi connectivity index (χ1n) is 11.5. The van der Waals surface area contributed by atoms with E-state index in [2.05, 4.69) is 24.5 Å². The predicted molar refractivity (Wildman–Crippen MR) is 130 cm³/mol. The molecule has 1 aliphatic heterocycles. The van der Waals surface area contributed by atoms with Crippen LogP contribution in [-0.2, 0) is 21.7 Å². The second-order valence-electron chi connectivity index (χ2n) is 8.97. The molecule has 188 valence electrons. The van der Waals surface area contributed by atoms with Crippen LogP contribution in [0.4, 0.5) is 4.79 Å². The monoisotopic (exact) mass is 483 g/mol. The fourth-order valence-corrected chi connectivity index (χ4v) is 3.71. The number of nitrogens with zero attached hydrogens (tertiary/aromatic N) is 1. The molecule has 0 radical (unpaired) electrons. The van der Waals surface area contributed by atoms with Gasteiger partial charge in [-0.3, -0.25) is 14.5 Å². The summed E-state index contributed by atoms with van der Waals surface area (Å²) in [5.41, 5.74) is 0.136. The van der Waals surface area contributed by atoms with Crippen LogP contribution in [0.5, 0.6) is 17.2 Å². The zero-order valence-electron chi connectivity index (χ0n) is 20.8. The van der Waals surface area contributed by atoms with Crippen LogP contribution in [0.3, 0.4) is 0 Å². The Bertz CT molecular complexity index is 1070. The number of hydrogen-bond donors (Lipinski definition) is 2. The summed E-state index contributed by atoms with van der Waals surface area (Å²) in [6.45, 7) is 6.29. The Labute approximate surface area is 205 Å². The van der Waals surface area contributed by atoms with E-state index in [1.54, 1.807) is 57.5 Å². The Morgan fingerprint density at radius 3 is 2.40 bits per heavy atom. The molecule has 1 aliphatic rings. The molecule has 3 rings (SSSR count). The van der Waals surface area contributed by atoms with E-state index in [1.165, 1.54) is 0 Å². The van der Waals surface area contributed by atoms with Crippen molar-refractivity contribution in [2.45, 2.75) is 39.3 Å². The van der Waals surface area contributed by atoms with E-state index >= 15 is 0 Å². The number of benzene rings is 2. The number of carbonyl (C=O) groups excluding carboxylic acids is 3. The first-order valence-corrected chi connectivity index (χ1v) is 11.5. The highest BCUT2D eigenvalue weighted by atomic mass is 16.5. The number of rotatable bonds is 11. The lowest BCUT2D eigenvalue weighted by atomic mass is 9.92. The van der Waals surface area contributed by atoms with Crippen molar-refractivity contribution < 1.29 is 28.6 Å². The topological polar surface area (TPSA) is 106 Å². The molecule has 0 aliphatic carbocycles. The first-order chi connectivity index (χ1) is 16.7. The zero-order valence-corrected chi connectivity index (χ0v) is 20.8. The van der Waals surface area contributed by atoms with Gasteiger partial charge in [-0.2, -0.15) is 0 Å². The average molecular weight is 484 g/mol. The highest BCUT2D eigenvalue weighted by molar-refractivity contribution is 6.09. The van der Waals surface area contributed by atoms with Crippen LogP contribution in [0.25, 0.3) is 0 Å². The Balaban J connectivity index is 1.59. The molecular formula is C26H33N3O6. The summed E-state index contributed by atoms with van der Waals surface area (Å²) in [6.07, 6.45) is 0.932. The van der Waals surface area contributed by atoms with Crippen molar-refractivity contribution in [2.24, 2.45) is 5.92 Å². The minimum Gasteiger partial charge on any atom is -0.497 e. The van der Waals surface area contributed by atoms with E-state index in [4.69, 9.17) is 14.2 Å². The van der Waals surface area contributed by atoms with Crippen LogP contribution in [0, 0.1) is 5.92 Å². The van der Waals surface area contributed by atoms with E-state index in [9.17, 15) is 14.4 Å². The summed E-state index contributed by atoms with van der Waals surface area (Å²) in [7, 11) is 3.11. The second kappa shape index (κ2) is 11.1. The highest BCUT2D eigenvalue weighted by Gasteiger charge is 2.49. The Morgan fingerprint density at radius 2 is 1.77 bits per heavy atom. The summed E-state index contributed by atoms with van der Waals surface area (Å²) in [6, 6.07) is 11.7. The van der Waals surface area contributed by atoms with Crippen LogP contribution in [-0.4, -0.2) is 50.1 Å². The van der Waals surface area contributed by atoms with E-state index in [1.807, 2.05) is 6.07 Å². The van der Waals surface area contributed by atoms with Gasteiger partial charge in [-0.15, -0.1) is 0 Å². The number of methoxy groups -OCH3 is 2. The van der Waals surface area contributed by atoms with Crippen LogP contribution >= 0.6 is 0 Å². The van der Waals surface area contributed by atoms with Crippen molar-refractivity contribution in [3.8, 4) is 17.2 Å². The second-order valence-corrected chi connectivity index (χ2v) is 8.97. The van der Waals surface area contributed by atoms with E-state index < -0.39 is 23.4 Å². The quantitative estimate of drug-likeness (QED) is 0.476. The van der Waals surface area contributed by atoms with Crippen LogP contribution in [0.2, 0.25) is 0 Å². The zero-order chi connectivity index (χ0) is 25.6. The summed E-state index contributed by atoms with van der Waals surface area (Å²) in [4.78, 5) is 39.1. The molecular weight excluding hydrogens is 450 g/mol. The van der Waals surface area contributed by atoms with E-state index in [0.29, 0.717) is 35.3 Å². The molecule has 1 atom stereocenters. The lowest BCUT2D eigenvalue weighted by Gasteiger charge is -2.22. The first kappa shape index (κ1) is 25.9. The van der Waals surface area contributed by atoms with Gasteiger partial charge in [0, 0.05) is 6.54 Å². The molecule has 1 saturated heterocycles. The lowest BCUT2D eigenvalue weighted by Crippen LogP contribution is -2.43. The van der Waals surface area contributed by atoms with Crippen molar-refractivity contribution in [2.75, 3.05) is 27.4 Å². The molecule has 0 saturated carbocycles. The van der Waals surface area contributed by atoms with Crippen molar-refractivity contribution in [1.82, 2.24) is 15.5 Å². The Kier molecular flexibility index (Phi) is 8.22. The van der Waals surface area contributed by atoms with Crippen LogP contribution in [0.15, 0.2) is 42.5 Å². The third-order valence-electron chi connectivity index (χ3n) is 5.91. The largest absolute Gasteiger partial charge is 0.497 e. The number of nitrogens with one attached hydrogen (secondary N) is 2. The van der Waals surface area contributed by atoms with Gasteiger partial charge in [0.15, 0.2) is 11.5 Å². The maximum Gasteiger partial charge on any atom is 0.325 e. The maximum absolute atomic E-state index is 13.1. The van der Waals surface area contributed by atoms with Crippen molar-refractivity contribution in [3.63, 3.8) is 0 Å². The molecule has 9 heteroatoms. The van der Waals surface area contributed by atoms with Crippen molar-refractivity contribution in [1.29, 1.82) is 0 Å².